The Kier molecular flexibility index (Phi) is 3.51. The number of hydrogen-bond donors (Lipinski definition) is 1. The number of carboxylic acids is 1. The van der Waals surface area contributed by atoms with Crippen LogP contribution in [0.1, 0.15) is 28.8 Å². The van der Waals surface area contributed by atoms with E-state index in [4.69, 9.17) is 10.4 Å². The molecule has 1 aromatic rings. The highest BCUT2D eigenvalue weighted by molar-refractivity contribution is 5.71. The molecule has 6 heteroatoms. The van der Waals surface area contributed by atoms with E-state index in [-0.39, 0.29) is 16.7 Å². The Bertz CT molecular complexity index is 467. The van der Waals surface area contributed by atoms with Crippen molar-refractivity contribution < 1.29 is 18.7 Å². The highest BCUT2D eigenvalue weighted by atomic mass is 19.3. The molecule has 0 fully saturated rings. The zero-order valence-electron chi connectivity index (χ0n) is 8.37. The molecule has 0 aliphatic rings. The fourth-order valence-corrected chi connectivity index (χ4v) is 1.35. The van der Waals surface area contributed by atoms with Crippen molar-refractivity contribution in [3.05, 3.63) is 28.6 Å². The molecule has 0 saturated carbocycles. The van der Waals surface area contributed by atoms with Crippen LogP contribution in [0.4, 0.5) is 8.78 Å². The lowest BCUT2D eigenvalue weighted by Crippen LogP contribution is -2.07. The zero-order chi connectivity index (χ0) is 12.3. The van der Waals surface area contributed by atoms with Gasteiger partial charge in [0.05, 0.1) is 18.1 Å². The molecule has 1 aromatic heterocycles. The summed E-state index contributed by atoms with van der Waals surface area (Å²) in [5.41, 5.74) is -0.327. The van der Waals surface area contributed by atoms with Gasteiger partial charge in [-0.1, -0.05) is 0 Å². The number of pyridine rings is 1. The Morgan fingerprint density at radius 3 is 2.75 bits per heavy atom. The van der Waals surface area contributed by atoms with Crippen LogP contribution in [0.15, 0.2) is 6.20 Å². The number of hydrogen-bond acceptors (Lipinski definition) is 3. The maximum Gasteiger partial charge on any atom is 0.307 e. The van der Waals surface area contributed by atoms with Crippen molar-refractivity contribution in [1.82, 2.24) is 4.98 Å². The molecule has 1 N–H and O–H groups in total. The SMILES string of the molecule is Cc1c(C(F)F)ncc(CC(=O)O)c1C#N. The third kappa shape index (κ3) is 2.31. The Morgan fingerprint density at radius 2 is 2.31 bits per heavy atom. The van der Waals surface area contributed by atoms with E-state index >= 15 is 0 Å². The summed E-state index contributed by atoms with van der Waals surface area (Å²) >= 11 is 0. The maximum atomic E-state index is 12.5. The van der Waals surface area contributed by atoms with Crippen LogP contribution in [-0.2, 0) is 11.2 Å². The minimum atomic E-state index is -2.77. The minimum Gasteiger partial charge on any atom is -0.481 e. The monoisotopic (exact) mass is 226 g/mol. The van der Waals surface area contributed by atoms with E-state index < -0.39 is 24.5 Å². The molecule has 0 radical (unpaired) electrons. The van der Waals surface area contributed by atoms with E-state index in [2.05, 4.69) is 4.98 Å². The Labute approximate surface area is 90.2 Å². The molecule has 1 heterocycles. The van der Waals surface area contributed by atoms with Crippen LogP contribution >= 0.6 is 0 Å². The number of aliphatic carboxylic acids is 1. The first-order chi connectivity index (χ1) is 7.47. The van der Waals surface area contributed by atoms with E-state index in [1.54, 1.807) is 6.07 Å². The van der Waals surface area contributed by atoms with Gasteiger partial charge in [0, 0.05) is 6.20 Å². The number of carbonyl (C=O) groups is 1. The quantitative estimate of drug-likeness (QED) is 0.853. The summed E-state index contributed by atoms with van der Waals surface area (Å²) in [5, 5.41) is 17.4. The second kappa shape index (κ2) is 4.66. The minimum absolute atomic E-state index is 0.0345. The number of halogens is 2. The van der Waals surface area contributed by atoms with Crippen molar-refractivity contribution >= 4 is 5.97 Å². The van der Waals surface area contributed by atoms with E-state index in [1.165, 1.54) is 6.92 Å². The molecule has 0 aromatic carbocycles. The number of nitriles is 1. The van der Waals surface area contributed by atoms with E-state index in [1.807, 2.05) is 0 Å². The standard InChI is InChI=1S/C10H8F2N2O2/c1-5-7(3-13)6(2-8(15)16)4-14-9(5)10(11)12/h4,10H,2H2,1H3,(H,15,16). The second-order valence-electron chi connectivity index (χ2n) is 3.15. The predicted octanol–water partition coefficient (Wildman–Crippen LogP) is 1.83. The summed E-state index contributed by atoms with van der Waals surface area (Å²) < 4.78 is 24.9. The normalized spacial score (nSPS) is 10.2. The van der Waals surface area contributed by atoms with Crippen LogP contribution in [0.2, 0.25) is 0 Å². The fourth-order valence-electron chi connectivity index (χ4n) is 1.35. The molecule has 0 aliphatic carbocycles. The van der Waals surface area contributed by atoms with Crippen LogP contribution < -0.4 is 0 Å². The Morgan fingerprint density at radius 1 is 1.69 bits per heavy atom. The van der Waals surface area contributed by atoms with Gasteiger partial charge in [-0.25, -0.2) is 8.78 Å². The van der Waals surface area contributed by atoms with Gasteiger partial charge >= 0.3 is 5.97 Å². The van der Waals surface area contributed by atoms with Crippen molar-refractivity contribution in [2.45, 2.75) is 19.8 Å². The average molecular weight is 226 g/mol. The molecular formula is C10H8F2N2O2. The average Bonchev–Trinajstić information content (AvgIpc) is 2.16. The number of alkyl halides is 2. The number of aromatic nitrogens is 1. The van der Waals surface area contributed by atoms with Crippen molar-refractivity contribution in [3.63, 3.8) is 0 Å². The van der Waals surface area contributed by atoms with Gasteiger partial charge in [-0.05, 0) is 18.1 Å². The van der Waals surface area contributed by atoms with Crippen LogP contribution in [0.3, 0.4) is 0 Å². The van der Waals surface area contributed by atoms with Crippen LogP contribution in [0.5, 0.6) is 0 Å². The predicted molar refractivity (Wildman–Crippen MR) is 50.0 cm³/mol. The maximum absolute atomic E-state index is 12.5. The molecule has 0 spiro atoms. The molecule has 1 rings (SSSR count). The molecule has 0 amide bonds. The summed E-state index contributed by atoms with van der Waals surface area (Å²) in [6.45, 7) is 1.33. The Balaban J connectivity index is 3.31. The number of nitrogens with zero attached hydrogens (tertiary/aromatic N) is 2. The van der Waals surface area contributed by atoms with Gasteiger partial charge < -0.3 is 5.11 Å². The van der Waals surface area contributed by atoms with E-state index in [9.17, 15) is 13.6 Å². The summed E-state index contributed by atoms with van der Waals surface area (Å²) in [6, 6.07) is 1.73. The van der Waals surface area contributed by atoms with E-state index in [0.717, 1.165) is 6.20 Å². The van der Waals surface area contributed by atoms with Gasteiger partial charge in [-0.3, -0.25) is 9.78 Å². The third-order valence-electron chi connectivity index (χ3n) is 2.10. The highest BCUT2D eigenvalue weighted by Gasteiger charge is 2.18. The molecule has 16 heavy (non-hydrogen) atoms. The Hall–Kier alpha value is -2.03. The van der Waals surface area contributed by atoms with Gasteiger partial charge in [0.1, 0.15) is 5.69 Å². The van der Waals surface area contributed by atoms with E-state index in [0.29, 0.717) is 0 Å². The summed E-state index contributed by atoms with van der Waals surface area (Å²) in [7, 11) is 0. The smallest absolute Gasteiger partial charge is 0.307 e. The lowest BCUT2D eigenvalue weighted by molar-refractivity contribution is -0.136. The van der Waals surface area contributed by atoms with Gasteiger partial charge in [-0.15, -0.1) is 0 Å². The third-order valence-corrected chi connectivity index (χ3v) is 2.10. The zero-order valence-corrected chi connectivity index (χ0v) is 8.37. The fraction of sp³-hybridized carbons (Fsp3) is 0.300. The van der Waals surface area contributed by atoms with Crippen LogP contribution in [-0.4, -0.2) is 16.1 Å². The summed E-state index contributed by atoms with van der Waals surface area (Å²) in [6.07, 6.45) is -2.16. The summed E-state index contributed by atoms with van der Waals surface area (Å²) in [4.78, 5) is 14.0. The molecule has 84 valence electrons. The largest absolute Gasteiger partial charge is 0.481 e. The first-order valence-corrected chi connectivity index (χ1v) is 4.35. The van der Waals surface area contributed by atoms with Gasteiger partial charge in [0.2, 0.25) is 0 Å². The number of rotatable bonds is 3. The molecular weight excluding hydrogens is 218 g/mol. The van der Waals surface area contributed by atoms with Crippen LogP contribution in [0, 0.1) is 18.3 Å². The second-order valence-corrected chi connectivity index (χ2v) is 3.15. The van der Waals surface area contributed by atoms with Gasteiger partial charge in [0.15, 0.2) is 0 Å². The van der Waals surface area contributed by atoms with Crippen molar-refractivity contribution in [2.75, 3.05) is 0 Å². The first-order valence-electron chi connectivity index (χ1n) is 4.35. The van der Waals surface area contributed by atoms with Crippen LogP contribution in [0.25, 0.3) is 0 Å². The molecule has 0 aliphatic heterocycles. The lowest BCUT2D eigenvalue weighted by atomic mass is 10.0. The molecule has 0 unspecified atom stereocenters. The molecule has 0 bridgehead atoms. The number of carboxylic acid groups (broad SMARTS) is 1. The first kappa shape index (κ1) is 12.0. The van der Waals surface area contributed by atoms with Crippen molar-refractivity contribution in [3.8, 4) is 6.07 Å². The van der Waals surface area contributed by atoms with Crippen molar-refractivity contribution in [2.24, 2.45) is 0 Å². The summed E-state index contributed by atoms with van der Waals surface area (Å²) in [5.74, 6) is -1.14. The molecule has 0 saturated heterocycles. The molecule has 4 nitrogen and oxygen atoms in total. The lowest BCUT2D eigenvalue weighted by Gasteiger charge is -2.08. The van der Waals surface area contributed by atoms with Gasteiger partial charge in [-0.2, -0.15) is 5.26 Å². The van der Waals surface area contributed by atoms with Crippen molar-refractivity contribution in [1.29, 1.82) is 5.26 Å². The molecule has 0 atom stereocenters. The highest BCUT2D eigenvalue weighted by Crippen LogP contribution is 2.24. The van der Waals surface area contributed by atoms with Gasteiger partial charge in [0.25, 0.3) is 6.43 Å². The topological polar surface area (TPSA) is 74.0 Å².